The number of ether oxygens (including phenoxy) is 4. The third-order valence-corrected chi connectivity index (χ3v) is 6.84. The van der Waals surface area contributed by atoms with E-state index in [4.69, 9.17) is 23.9 Å². The minimum atomic E-state index is -0.171. The number of carbonyl (C=O) groups excluding carboxylic acids is 1. The molecule has 1 aromatic heterocycles. The van der Waals surface area contributed by atoms with Gasteiger partial charge in [-0.2, -0.15) is 0 Å². The first kappa shape index (κ1) is 23.3. The molecular weight excluding hydrogens is 440 g/mol. The number of rotatable bonds is 9. The van der Waals surface area contributed by atoms with Gasteiger partial charge < -0.3 is 18.9 Å². The lowest BCUT2D eigenvalue weighted by Crippen LogP contribution is -2.40. The SMILES string of the molecule is COc1ccc(OC)c2sc(N(CC3CCCO3)C(=O)COc3ccc(C(C)C)cc3)nc12. The van der Waals surface area contributed by atoms with Gasteiger partial charge in [0.1, 0.15) is 27.5 Å². The summed E-state index contributed by atoms with van der Waals surface area (Å²) in [7, 11) is 3.22. The number of carbonyl (C=O) groups is 1. The lowest BCUT2D eigenvalue weighted by Gasteiger charge is -2.23. The predicted molar refractivity (Wildman–Crippen MR) is 130 cm³/mol. The third-order valence-electron chi connectivity index (χ3n) is 5.75. The molecule has 1 fully saturated rings. The van der Waals surface area contributed by atoms with Gasteiger partial charge in [-0.15, -0.1) is 0 Å². The van der Waals surface area contributed by atoms with E-state index in [-0.39, 0.29) is 18.6 Å². The van der Waals surface area contributed by atoms with Crippen LogP contribution in [-0.2, 0) is 9.53 Å². The summed E-state index contributed by atoms with van der Waals surface area (Å²) in [6.07, 6.45) is 1.89. The number of anilines is 1. The van der Waals surface area contributed by atoms with Gasteiger partial charge in [-0.05, 0) is 48.6 Å². The lowest BCUT2D eigenvalue weighted by atomic mass is 10.0. The van der Waals surface area contributed by atoms with Gasteiger partial charge in [-0.1, -0.05) is 37.3 Å². The van der Waals surface area contributed by atoms with Crippen molar-refractivity contribution in [2.45, 2.75) is 38.7 Å². The quantitative estimate of drug-likeness (QED) is 0.437. The molecule has 0 saturated carbocycles. The molecule has 1 aliphatic heterocycles. The number of methoxy groups -OCH3 is 2. The summed E-state index contributed by atoms with van der Waals surface area (Å²) in [6.45, 7) is 5.35. The lowest BCUT2D eigenvalue weighted by molar-refractivity contribution is -0.120. The summed E-state index contributed by atoms with van der Waals surface area (Å²) in [5.74, 6) is 2.27. The normalized spacial score (nSPS) is 15.7. The Balaban J connectivity index is 1.58. The molecule has 0 bridgehead atoms. The number of aromatic nitrogens is 1. The van der Waals surface area contributed by atoms with Crippen molar-refractivity contribution in [2.75, 3.05) is 38.9 Å². The molecule has 7 nitrogen and oxygen atoms in total. The molecule has 1 unspecified atom stereocenters. The van der Waals surface area contributed by atoms with Crippen molar-refractivity contribution >= 4 is 32.6 Å². The van der Waals surface area contributed by atoms with Gasteiger partial charge in [-0.25, -0.2) is 4.98 Å². The van der Waals surface area contributed by atoms with E-state index in [1.807, 2.05) is 36.4 Å². The van der Waals surface area contributed by atoms with Gasteiger partial charge in [0.15, 0.2) is 11.7 Å². The fraction of sp³-hybridized carbons (Fsp3) is 0.440. The number of hydrogen-bond donors (Lipinski definition) is 0. The highest BCUT2D eigenvalue weighted by Crippen LogP contribution is 2.40. The number of benzene rings is 2. The van der Waals surface area contributed by atoms with Crippen molar-refractivity contribution < 1.29 is 23.7 Å². The van der Waals surface area contributed by atoms with Crippen LogP contribution in [0.25, 0.3) is 10.2 Å². The van der Waals surface area contributed by atoms with E-state index < -0.39 is 0 Å². The first-order valence-corrected chi connectivity index (χ1v) is 12.0. The fourth-order valence-corrected chi connectivity index (χ4v) is 4.94. The number of amides is 1. The van der Waals surface area contributed by atoms with Crippen LogP contribution in [0.5, 0.6) is 17.2 Å². The van der Waals surface area contributed by atoms with Crippen LogP contribution in [0.3, 0.4) is 0 Å². The van der Waals surface area contributed by atoms with Crippen LogP contribution in [0.15, 0.2) is 36.4 Å². The van der Waals surface area contributed by atoms with Crippen molar-refractivity contribution in [1.82, 2.24) is 4.98 Å². The molecule has 8 heteroatoms. The first-order chi connectivity index (χ1) is 16.0. The molecule has 1 atom stereocenters. The van der Waals surface area contributed by atoms with E-state index in [1.54, 1.807) is 19.1 Å². The molecule has 0 radical (unpaired) electrons. The Morgan fingerprint density at radius 3 is 2.52 bits per heavy atom. The molecule has 4 rings (SSSR count). The Morgan fingerprint density at radius 2 is 1.88 bits per heavy atom. The van der Waals surface area contributed by atoms with Gasteiger partial charge in [0.2, 0.25) is 0 Å². The minimum absolute atomic E-state index is 0.0184. The van der Waals surface area contributed by atoms with Gasteiger partial charge in [0.25, 0.3) is 5.91 Å². The number of nitrogens with zero attached hydrogens (tertiary/aromatic N) is 2. The fourth-order valence-electron chi connectivity index (χ4n) is 3.84. The summed E-state index contributed by atoms with van der Waals surface area (Å²) < 4.78 is 23.5. The molecule has 2 aromatic carbocycles. The summed E-state index contributed by atoms with van der Waals surface area (Å²) in [5.41, 5.74) is 1.90. The van der Waals surface area contributed by atoms with Crippen LogP contribution in [0.1, 0.15) is 38.2 Å². The molecule has 2 heterocycles. The second-order valence-electron chi connectivity index (χ2n) is 8.30. The average Bonchev–Trinajstić information content (AvgIpc) is 3.50. The average molecular weight is 471 g/mol. The van der Waals surface area contributed by atoms with Crippen LogP contribution in [0.2, 0.25) is 0 Å². The van der Waals surface area contributed by atoms with Crippen LogP contribution in [0, 0.1) is 0 Å². The molecule has 0 aliphatic carbocycles. The van der Waals surface area contributed by atoms with Crippen LogP contribution < -0.4 is 19.1 Å². The zero-order valence-electron chi connectivity index (χ0n) is 19.5. The Morgan fingerprint density at radius 1 is 1.15 bits per heavy atom. The molecule has 1 saturated heterocycles. The maximum atomic E-state index is 13.3. The highest BCUT2D eigenvalue weighted by atomic mass is 32.1. The predicted octanol–water partition coefficient (Wildman–Crippen LogP) is 5.03. The van der Waals surface area contributed by atoms with E-state index in [9.17, 15) is 4.79 Å². The molecule has 0 spiro atoms. The van der Waals surface area contributed by atoms with E-state index in [0.29, 0.717) is 47.0 Å². The first-order valence-electron chi connectivity index (χ1n) is 11.2. The maximum absolute atomic E-state index is 13.3. The maximum Gasteiger partial charge on any atom is 0.266 e. The minimum Gasteiger partial charge on any atom is -0.495 e. The van der Waals surface area contributed by atoms with Crippen LogP contribution in [0.4, 0.5) is 5.13 Å². The molecule has 176 valence electrons. The summed E-state index contributed by atoms with van der Waals surface area (Å²) in [4.78, 5) is 19.7. The van der Waals surface area contributed by atoms with Gasteiger partial charge >= 0.3 is 0 Å². The van der Waals surface area contributed by atoms with E-state index in [0.717, 1.165) is 17.5 Å². The summed E-state index contributed by atoms with van der Waals surface area (Å²) >= 11 is 1.40. The van der Waals surface area contributed by atoms with Crippen LogP contribution >= 0.6 is 11.3 Å². The molecule has 1 aliphatic rings. The Hall–Kier alpha value is -2.84. The van der Waals surface area contributed by atoms with Gasteiger partial charge in [0, 0.05) is 6.61 Å². The monoisotopic (exact) mass is 470 g/mol. The summed E-state index contributed by atoms with van der Waals surface area (Å²) in [5, 5.41) is 0.576. The molecule has 3 aromatic rings. The summed E-state index contributed by atoms with van der Waals surface area (Å²) in [6, 6.07) is 11.5. The standard InChI is InChI=1S/C25H30N2O5S/c1-16(2)17-7-9-18(10-8-17)32-15-22(28)27(14-19-6-5-13-31-19)25-26-23-20(29-3)11-12-21(30-4)24(23)33-25/h7-12,16,19H,5-6,13-15H2,1-4H3. The van der Waals surface area contributed by atoms with E-state index >= 15 is 0 Å². The van der Waals surface area contributed by atoms with Gasteiger partial charge in [-0.3, -0.25) is 9.69 Å². The van der Waals surface area contributed by atoms with Gasteiger partial charge in [0.05, 0.1) is 26.9 Å². The molecule has 1 amide bonds. The molecule has 0 N–H and O–H groups in total. The topological polar surface area (TPSA) is 70.1 Å². The Kier molecular flexibility index (Phi) is 7.35. The van der Waals surface area contributed by atoms with E-state index in [2.05, 4.69) is 13.8 Å². The Bertz CT molecular complexity index is 1050. The van der Waals surface area contributed by atoms with Crippen molar-refractivity contribution in [3.63, 3.8) is 0 Å². The number of fused-ring (bicyclic) bond motifs is 1. The second kappa shape index (κ2) is 10.4. The second-order valence-corrected chi connectivity index (χ2v) is 9.27. The largest absolute Gasteiger partial charge is 0.495 e. The van der Waals surface area contributed by atoms with Crippen LogP contribution in [-0.4, -0.2) is 51.0 Å². The number of thiazole rings is 1. The number of hydrogen-bond acceptors (Lipinski definition) is 7. The zero-order chi connectivity index (χ0) is 23.4. The smallest absolute Gasteiger partial charge is 0.266 e. The van der Waals surface area contributed by atoms with Crippen molar-refractivity contribution in [2.24, 2.45) is 0 Å². The third kappa shape index (κ3) is 5.23. The Labute approximate surface area is 198 Å². The highest BCUT2D eigenvalue weighted by molar-refractivity contribution is 7.22. The van der Waals surface area contributed by atoms with Crippen molar-refractivity contribution in [3.8, 4) is 17.2 Å². The van der Waals surface area contributed by atoms with E-state index in [1.165, 1.54) is 16.9 Å². The zero-order valence-corrected chi connectivity index (χ0v) is 20.3. The molecule has 33 heavy (non-hydrogen) atoms. The molecular formula is C25H30N2O5S. The van der Waals surface area contributed by atoms with Crippen molar-refractivity contribution in [3.05, 3.63) is 42.0 Å². The van der Waals surface area contributed by atoms with Crippen molar-refractivity contribution in [1.29, 1.82) is 0 Å². The highest BCUT2D eigenvalue weighted by Gasteiger charge is 2.27.